The van der Waals surface area contributed by atoms with E-state index in [1.807, 2.05) is 13.8 Å². The molecular weight excluding hydrogens is 276 g/mol. The number of hydrogen-bond donors (Lipinski definition) is 2. The minimum atomic E-state index is -1.30. The fourth-order valence-electron chi connectivity index (χ4n) is 1.67. The molecule has 0 spiro atoms. The van der Waals surface area contributed by atoms with Gasteiger partial charge >= 0.3 is 17.9 Å². The number of aromatic carboxylic acids is 2. The molecule has 0 amide bonds. The number of carbonyl (C=O) groups is 3. The Balaban J connectivity index is 3.20. The zero-order chi connectivity index (χ0) is 16.2. The molecule has 1 aromatic carbocycles. The Bertz CT molecular complexity index is 539. The van der Waals surface area contributed by atoms with Gasteiger partial charge < -0.3 is 14.9 Å². The van der Waals surface area contributed by atoms with Crippen LogP contribution < -0.4 is 0 Å². The van der Waals surface area contributed by atoms with E-state index in [2.05, 4.69) is 0 Å². The number of carboxylic acid groups (broad SMARTS) is 2. The Morgan fingerprint density at radius 3 is 1.67 bits per heavy atom. The van der Waals surface area contributed by atoms with E-state index < -0.39 is 23.5 Å². The van der Waals surface area contributed by atoms with Gasteiger partial charge in [-0.05, 0) is 38.0 Å². The summed E-state index contributed by atoms with van der Waals surface area (Å²) < 4.78 is 5.37. The van der Waals surface area contributed by atoms with E-state index in [1.54, 1.807) is 6.92 Å². The first-order chi connectivity index (χ1) is 9.72. The molecule has 0 aliphatic carbocycles. The molecule has 2 N–H and O–H groups in total. The molecule has 6 heteroatoms. The summed E-state index contributed by atoms with van der Waals surface area (Å²) in [7, 11) is 0. The largest absolute Gasteiger partial charge is 0.478 e. The molecule has 21 heavy (non-hydrogen) atoms. The SMILES string of the molecule is CCC(C)(CC)OC(=O)c1cc(C(=O)O)cc(C(=O)O)c1. The van der Waals surface area contributed by atoms with Crippen LogP contribution in [0.25, 0.3) is 0 Å². The third-order valence-corrected chi connectivity index (χ3v) is 3.50. The highest BCUT2D eigenvalue weighted by atomic mass is 16.6. The van der Waals surface area contributed by atoms with Crippen molar-refractivity contribution >= 4 is 17.9 Å². The Morgan fingerprint density at radius 1 is 0.952 bits per heavy atom. The average Bonchev–Trinajstić information content (AvgIpc) is 2.46. The van der Waals surface area contributed by atoms with Gasteiger partial charge in [-0.1, -0.05) is 13.8 Å². The van der Waals surface area contributed by atoms with Crippen LogP contribution in [0.15, 0.2) is 18.2 Å². The summed E-state index contributed by atoms with van der Waals surface area (Å²) in [5.41, 5.74) is -1.28. The standard InChI is InChI=1S/C15H18O6/c1-4-15(3,5-2)21-14(20)11-7-9(12(16)17)6-10(8-11)13(18)19/h6-8H,4-5H2,1-3H3,(H,16,17)(H,18,19). The zero-order valence-corrected chi connectivity index (χ0v) is 12.2. The van der Waals surface area contributed by atoms with Gasteiger partial charge in [-0.2, -0.15) is 0 Å². The van der Waals surface area contributed by atoms with Crippen molar-refractivity contribution in [3.8, 4) is 0 Å². The molecule has 0 aliphatic heterocycles. The van der Waals surface area contributed by atoms with Gasteiger partial charge in [-0.25, -0.2) is 14.4 Å². The number of carbonyl (C=O) groups excluding carboxylic acids is 1. The minimum Gasteiger partial charge on any atom is -0.478 e. The second kappa shape index (κ2) is 6.39. The van der Waals surface area contributed by atoms with E-state index in [-0.39, 0.29) is 16.7 Å². The molecule has 1 aromatic rings. The van der Waals surface area contributed by atoms with Crippen molar-refractivity contribution in [3.63, 3.8) is 0 Å². The lowest BCUT2D eigenvalue weighted by Crippen LogP contribution is -2.30. The molecule has 114 valence electrons. The highest BCUT2D eigenvalue weighted by Crippen LogP contribution is 2.22. The predicted octanol–water partition coefficient (Wildman–Crippen LogP) is 2.82. The fourth-order valence-corrected chi connectivity index (χ4v) is 1.67. The van der Waals surface area contributed by atoms with Crippen LogP contribution in [-0.4, -0.2) is 33.7 Å². The summed E-state index contributed by atoms with van der Waals surface area (Å²) in [5, 5.41) is 18.0. The topological polar surface area (TPSA) is 101 Å². The monoisotopic (exact) mass is 294 g/mol. The van der Waals surface area contributed by atoms with E-state index >= 15 is 0 Å². The maximum Gasteiger partial charge on any atom is 0.338 e. The minimum absolute atomic E-state index is 0.0829. The van der Waals surface area contributed by atoms with Crippen molar-refractivity contribution in [3.05, 3.63) is 34.9 Å². The molecule has 0 aromatic heterocycles. The summed E-state index contributed by atoms with van der Waals surface area (Å²) in [4.78, 5) is 34.1. The first-order valence-corrected chi connectivity index (χ1v) is 6.57. The lowest BCUT2D eigenvalue weighted by atomic mass is 9.99. The molecule has 0 atom stereocenters. The van der Waals surface area contributed by atoms with Crippen LogP contribution >= 0.6 is 0 Å². The molecule has 0 unspecified atom stereocenters. The summed E-state index contributed by atoms with van der Waals surface area (Å²) in [5.74, 6) is -3.34. The van der Waals surface area contributed by atoms with Gasteiger partial charge in [0.1, 0.15) is 5.60 Å². The predicted molar refractivity (Wildman–Crippen MR) is 74.8 cm³/mol. The lowest BCUT2D eigenvalue weighted by molar-refractivity contribution is -0.0131. The summed E-state index contributed by atoms with van der Waals surface area (Å²) >= 11 is 0. The Labute approximate surface area is 122 Å². The van der Waals surface area contributed by atoms with Gasteiger partial charge in [0, 0.05) is 0 Å². The van der Waals surface area contributed by atoms with Crippen molar-refractivity contribution in [1.82, 2.24) is 0 Å². The van der Waals surface area contributed by atoms with Gasteiger partial charge in [-0.15, -0.1) is 0 Å². The Hall–Kier alpha value is -2.37. The maximum absolute atomic E-state index is 12.1. The van der Waals surface area contributed by atoms with E-state index in [9.17, 15) is 14.4 Å². The molecule has 0 heterocycles. The quantitative estimate of drug-likeness (QED) is 0.782. The average molecular weight is 294 g/mol. The first kappa shape index (κ1) is 16.7. The van der Waals surface area contributed by atoms with E-state index in [4.69, 9.17) is 14.9 Å². The van der Waals surface area contributed by atoms with Gasteiger partial charge in [0.25, 0.3) is 0 Å². The molecule has 0 radical (unpaired) electrons. The smallest absolute Gasteiger partial charge is 0.338 e. The van der Waals surface area contributed by atoms with E-state index in [0.29, 0.717) is 12.8 Å². The van der Waals surface area contributed by atoms with Crippen molar-refractivity contribution in [2.75, 3.05) is 0 Å². The maximum atomic E-state index is 12.1. The molecule has 0 fully saturated rings. The number of ether oxygens (including phenoxy) is 1. The van der Waals surface area contributed by atoms with Crippen LogP contribution in [-0.2, 0) is 4.74 Å². The number of rotatable bonds is 6. The second-order valence-electron chi connectivity index (χ2n) is 4.96. The molecule has 6 nitrogen and oxygen atoms in total. The van der Waals surface area contributed by atoms with Gasteiger partial charge in [0.2, 0.25) is 0 Å². The fraction of sp³-hybridized carbons (Fsp3) is 0.400. The third-order valence-electron chi connectivity index (χ3n) is 3.50. The Morgan fingerprint density at radius 2 is 1.33 bits per heavy atom. The van der Waals surface area contributed by atoms with Crippen molar-refractivity contribution in [2.24, 2.45) is 0 Å². The van der Waals surface area contributed by atoms with Crippen LogP contribution in [0.3, 0.4) is 0 Å². The Kier molecular flexibility index (Phi) is 5.07. The molecule has 1 rings (SSSR count). The van der Waals surface area contributed by atoms with Gasteiger partial charge in [0.05, 0.1) is 16.7 Å². The van der Waals surface area contributed by atoms with E-state index in [1.165, 1.54) is 0 Å². The number of carboxylic acids is 2. The molecular formula is C15H18O6. The third kappa shape index (κ3) is 4.05. The molecule has 0 saturated heterocycles. The van der Waals surface area contributed by atoms with Crippen molar-refractivity contribution < 1.29 is 29.3 Å². The van der Waals surface area contributed by atoms with Gasteiger partial charge in [0.15, 0.2) is 0 Å². The van der Waals surface area contributed by atoms with Crippen LogP contribution in [0.1, 0.15) is 64.7 Å². The molecule has 0 bridgehead atoms. The van der Waals surface area contributed by atoms with Crippen molar-refractivity contribution in [2.45, 2.75) is 39.2 Å². The second-order valence-corrected chi connectivity index (χ2v) is 4.96. The lowest BCUT2D eigenvalue weighted by Gasteiger charge is -2.27. The number of hydrogen-bond acceptors (Lipinski definition) is 4. The first-order valence-electron chi connectivity index (χ1n) is 6.57. The summed E-state index contributed by atoms with van der Waals surface area (Å²) in [6.07, 6.45) is 1.19. The van der Waals surface area contributed by atoms with E-state index in [0.717, 1.165) is 18.2 Å². The van der Waals surface area contributed by atoms with Crippen molar-refractivity contribution in [1.29, 1.82) is 0 Å². The van der Waals surface area contributed by atoms with Crippen LogP contribution in [0.5, 0.6) is 0 Å². The van der Waals surface area contributed by atoms with Crippen LogP contribution in [0.2, 0.25) is 0 Å². The highest BCUT2D eigenvalue weighted by Gasteiger charge is 2.26. The van der Waals surface area contributed by atoms with Gasteiger partial charge in [-0.3, -0.25) is 0 Å². The molecule has 0 saturated carbocycles. The normalized spacial score (nSPS) is 11.0. The van der Waals surface area contributed by atoms with Crippen LogP contribution in [0.4, 0.5) is 0 Å². The van der Waals surface area contributed by atoms with Crippen LogP contribution in [0, 0.1) is 0 Å². The number of esters is 1. The number of benzene rings is 1. The summed E-state index contributed by atoms with van der Waals surface area (Å²) in [6, 6.07) is 3.23. The summed E-state index contributed by atoms with van der Waals surface area (Å²) in [6.45, 7) is 5.50. The highest BCUT2D eigenvalue weighted by molar-refractivity contribution is 5.99. The molecule has 0 aliphatic rings. The zero-order valence-electron chi connectivity index (χ0n) is 12.2.